The summed E-state index contributed by atoms with van der Waals surface area (Å²) in [6.07, 6.45) is 10.3. The quantitative estimate of drug-likeness (QED) is 0.764. The highest BCUT2D eigenvalue weighted by Gasteiger charge is 2.49. The first-order valence-electron chi connectivity index (χ1n) is 9.14. The number of hydrogen-bond acceptors (Lipinski definition) is 2. The number of nitrogens with zero attached hydrogens (tertiary/aromatic N) is 1. The molecule has 5 rings (SSSR count). The fourth-order valence-corrected chi connectivity index (χ4v) is 5.65. The topological polar surface area (TPSA) is 12.5 Å². The molecule has 2 bridgehead atoms. The Morgan fingerprint density at radius 1 is 1.26 bits per heavy atom. The van der Waals surface area contributed by atoms with Crippen LogP contribution >= 0.6 is 0 Å². The maximum Gasteiger partial charge on any atom is 0.142 e. The van der Waals surface area contributed by atoms with Crippen LogP contribution in [-0.2, 0) is 6.54 Å². The van der Waals surface area contributed by atoms with Gasteiger partial charge in [0.05, 0.1) is 0 Å². The molecule has 4 unspecified atom stereocenters. The van der Waals surface area contributed by atoms with E-state index in [2.05, 4.69) is 35.8 Å². The number of rotatable bonds is 3. The van der Waals surface area contributed by atoms with E-state index in [4.69, 9.17) is 4.74 Å². The Balaban J connectivity index is 1.42. The molecule has 0 aromatic heterocycles. The molecular weight excluding hydrogens is 282 g/mol. The third-order valence-corrected chi connectivity index (χ3v) is 6.60. The van der Waals surface area contributed by atoms with Crippen LogP contribution in [0.5, 0.6) is 5.75 Å². The summed E-state index contributed by atoms with van der Waals surface area (Å²) in [7, 11) is 0. The summed E-state index contributed by atoms with van der Waals surface area (Å²) in [5, 5.41) is 0. The first kappa shape index (κ1) is 13.9. The van der Waals surface area contributed by atoms with Gasteiger partial charge in [0, 0.05) is 18.7 Å². The van der Waals surface area contributed by atoms with Crippen molar-refractivity contribution in [2.75, 3.05) is 13.3 Å². The second-order valence-corrected chi connectivity index (χ2v) is 7.78. The van der Waals surface area contributed by atoms with E-state index in [0.29, 0.717) is 6.73 Å². The molecule has 0 amide bonds. The van der Waals surface area contributed by atoms with Gasteiger partial charge in [0.15, 0.2) is 0 Å². The average molecular weight is 307 g/mol. The minimum Gasteiger partial charge on any atom is -0.478 e. The van der Waals surface area contributed by atoms with Crippen LogP contribution in [0.1, 0.15) is 36.8 Å². The van der Waals surface area contributed by atoms with E-state index in [1.807, 2.05) is 6.08 Å². The molecule has 2 heteroatoms. The van der Waals surface area contributed by atoms with E-state index in [9.17, 15) is 0 Å². The predicted octanol–water partition coefficient (Wildman–Crippen LogP) is 4.47. The molecule has 2 saturated carbocycles. The normalized spacial score (nSPS) is 34.7. The summed E-state index contributed by atoms with van der Waals surface area (Å²) in [4.78, 5) is 2.27. The highest BCUT2D eigenvalue weighted by atomic mass is 16.5. The van der Waals surface area contributed by atoms with Crippen LogP contribution in [0.25, 0.3) is 5.57 Å². The van der Waals surface area contributed by atoms with Crippen molar-refractivity contribution in [2.45, 2.75) is 32.2 Å². The standard InChI is InChI=1S/C21H25NO/c1-2-8-22-12-15-7-6-14(11-21(15)23-13-22)19-9-16-10-20(19)18-5-3-4-17(16)18/h2,6-7,9,11,16-18,20H,1,3-5,8,10,12-13H2. The summed E-state index contributed by atoms with van der Waals surface area (Å²) >= 11 is 0. The minimum atomic E-state index is 0.679. The molecule has 1 heterocycles. The van der Waals surface area contributed by atoms with Crippen molar-refractivity contribution in [1.82, 2.24) is 4.90 Å². The lowest BCUT2D eigenvalue weighted by Gasteiger charge is -2.29. The monoisotopic (exact) mass is 307 g/mol. The van der Waals surface area contributed by atoms with Crippen molar-refractivity contribution in [3.8, 4) is 5.75 Å². The van der Waals surface area contributed by atoms with Gasteiger partial charge in [-0.1, -0.05) is 30.7 Å². The van der Waals surface area contributed by atoms with Gasteiger partial charge in [-0.2, -0.15) is 0 Å². The zero-order valence-corrected chi connectivity index (χ0v) is 13.7. The Labute approximate surface area is 138 Å². The molecule has 3 aliphatic carbocycles. The minimum absolute atomic E-state index is 0.679. The summed E-state index contributed by atoms with van der Waals surface area (Å²) in [5.74, 6) is 4.76. The van der Waals surface area contributed by atoms with Crippen LogP contribution in [0.4, 0.5) is 0 Å². The molecule has 0 N–H and O–H groups in total. The summed E-state index contributed by atoms with van der Waals surface area (Å²) in [6, 6.07) is 6.91. The SMILES string of the molecule is C=CCN1COc2cc(C3=CC4CC3C3CCCC43)ccc2C1. The van der Waals surface area contributed by atoms with Crippen molar-refractivity contribution in [1.29, 1.82) is 0 Å². The summed E-state index contributed by atoms with van der Waals surface area (Å²) in [6.45, 7) is 6.36. The van der Waals surface area contributed by atoms with Gasteiger partial charge in [-0.25, -0.2) is 0 Å². The van der Waals surface area contributed by atoms with Gasteiger partial charge in [-0.05, 0) is 60.1 Å². The molecule has 0 spiro atoms. The van der Waals surface area contributed by atoms with Crippen LogP contribution in [-0.4, -0.2) is 18.2 Å². The molecule has 120 valence electrons. The van der Waals surface area contributed by atoms with E-state index in [-0.39, 0.29) is 0 Å². The van der Waals surface area contributed by atoms with Crippen LogP contribution in [0, 0.1) is 23.7 Å². The maximum absolute atomic E-state index is 6.01. The van der Waals surface area contributed by atoms with Crippen molar-refractivity contribution in [3.05, 3.63) is 48.1 Å². The number of ether oxygens (including phenoxy) is 1. The highest BCUT2D eigenvalue weighted by Crippen LogP contribution is 2.60. The number of benzene rings is 1. The molecule has 0 radical (unpaired) electrons. The van der Waals surface area contributed by atoms with Crippen LogP contribution in [0.2, 0.25) is 0 Å². The maximum atomic E-state index is 6.01. The van der Waals surface area contributed by atoms with Gasteiger partial charge in [-0.3, -0.25) is 4.90 Å². The number of fused-ring (bicyclic) bond motifs is 6. The van der Waals surface area contributed by atoms with E-state index in [1.54, 1.807) is 5.57 Å². The van der Waals surface area contributed by atoms with Gasteiger partial charge >= 0.3 is 0 Å². The van der Waals surface area contributed by atoms with Gasteiger partial charge < -0.3 is 4.74 Å². The fourth-order valence-electron chi connectivity index (χ4n) is 5.65. The van der Waals surface area contributed by atoms with E-state index in [1.165, 1.54) is 36.8 Å². The second-order valence-electron chi connectivity index (χ2n) is 7.78. The van der Waals surface area contributed by atoms with E-state index >= 15 is 0 Å². The Morgan fingerprint density at radius 3 is 3.09 bits per heavy atom. The van der Waals surface area contributed by atoms with Gasteiger partial charge in [0.1, 0.15) is 12.5 Å². The van der Waals surface area contributed by atoms with E-state index < -0.39 is 0 Å². The van der Waals surface area contributed by atoms with Crippen molar-refractivity contribution >= 4 is 5.57 Å². The molecule has 4 aliphatic rings. The molecule has 2 nitrogen and oxygen atoms in total. The third kappa shape index (κ3) is 2.11. The third-order valence-electron chi connectivity index (χ3n) is 6.60. The first-order valence-corrected chi connectivity index (χ1v) is 9.14. The van der Waals surface area contributed by atoms with Crippen molar-refractivity contribution in [2.24, 2.45) is 23.7 Å². The smallest absolute Gasteiger partial charge is 0.142 e. The zero-order valence-electron chi connectivity index (χ0n) is 13.7. The number of allylic oxidation sites excluding steroid dienone is 2. The van der Waals surface area contributed by atoms with E-state index in [0.717, 1.165) is 42.5 Å². The van der Waals surface area contributed by atoms with Crippen LogP contribution in [0.3, 0.4) is 0 Å². The summed E-state index contributed by atoms with van der Waals surface area (Å²) < 4.78 is 6.01. The molecular formula is C21H25NO. The molecule has 4 atom stereocenters. The largest absolute Gasteiger partial charge is 0.478 e. The highest BCUT2D eigenvalue weighted by molar-refractivity contribution is 5.72. The lowest BCUT2D eigenvalue weighted by Crippen LogP contribution is -2.32. The average Bonchev–Trinajstić information content (AvgIpc) is 3.27. The van der Waals surface area contributed by atoms with Crippen LogP contribution < -0.4 is 4.74 Å². The van der Waals surface area contributed by atoms with Gasteiger partial charge in [0.25, 0.3) is 0 Å². The summed E-state index contributed by atoms with van der Waals surface area (Å²) in [5.41, 5.74) is 4.35. The lowest BCUT2D eigenvalue weighted by molar-refractivity contribution is 0.107. The zero-order chi connectivity index (χ0) is 15.4. The number of hydrogen-bond donors (Lipinski definition) is 0. The predicted molar refractivity (Wildman–Crippen MR) is 92.9 cm³/mol. The molecule has 1 aliphatic heterocycles. The Kier molecular flexibility index (Phi) is 3.16. The van der Waals surface area contributed by atoms with Gasteiger partial charge in [0.2, 0.25) is 0 Å². The Hall–Kier alpha value is -1.54. The molecule has 0 saturated heterocycles. The Bertz CT molecular complexity index is 676. The Morgan fingerprint density at radius 2 is 2.17 bits per heavy atom. The fraction of sp³-hybridized carbons (Fsp3) is 0.524. The molecule has 1 aromatic carbocycles. The molecule has 1 aromatic rings. The van der Waals surface area contributed by atoms with Gasteiger partial charge in [-0.15, -0.1) is 6.58 Å². The van der Waals surface area contributed by atoms with Crippen molar-refractivity contribution < 1.29 is 4.74 Å². The van der Waals surface area contributed by atoms with Crippen molar-refractivity contribution in [3.63, 3.8) is 0 Å². The molecule has 23 heavy (non-hydrogen) atoms. The lowest BCUT2D eigenvalue weighted by atomic mass is 9.79. The first-order chi connectivity index (χ1) is 11.3. The molecule has 2 fully saturated rings. The van der Waals surface area contributed by atoms with Crippen LogP contribution in [0.15, 0.2) is 36.9 Å². The second kappa shape index (κ2) is 5.24.